The Morgan fingerprint density at radius 2 is 2.00 bits per heavy atom. The van der Waals surface area contributed by atoms with Crippen LogP contribution in [0.1, 0.15) is 12.5 Å². The van der Waals surface area contributed by atoms with Crippen LogP contribution in [0.5, 0.6) is 11.5 Å². The van der Waals surface area contributed by atoms with E-state index in [4.69, 9.17) is 19.5 Å². The van der Waals surface area contributed by atoms with E-state index in [1.807, 2.05) is 6.07 Å². The molecule has 1 aromatic carbocycles. The summed E-state index contributed by atoms with van der Waals surface area (Å²) in [7, 11) is 3.11. The number of carbonyl (C=O) groups excluding carboxylic acids is 1. The van der Waals surface area contributed by atoms with Gasteiger partial charge in [0, 0.05) is 6.92 Å². The minimum Gasteiger partial charge on any atom is -0.493 e. The second-order valence-corrected chi connectivity index (χ2v) is 4.03. The Hall–Kier alpha value is -2.74. The van der Waals surface area contributed by atoms with Gasteiger partial charge in [0.15, 0.2) is 11.5 Å². The molecule has 0 spiro atoms. The molecule has 0 saturated carbocycles. The Morgan fingerprint density at radius 1 is 1.29 bits per heavy atom. The molecular formula is C16H17NO4. The lowest BCUT2D eigenvalue weighted by Gasteiger charge is -2.07. The molecule has 21 heavy (non-hydrogen) atoms. The van der Waals surface area contributed by atoms with E-state index < -0.39 is 0 Å². The van der Waals surface area contributed by atoms with Crippen molar-refractivity contribution in [3.63, 3.8) is 0 Å². The number of benzene rings is 1. The summed E-state index contributed by atoms with van der Waals surface area (Å²) in [4.78, 5) is 10.6. The molecule has 0 aliphatic rings. The molecular weight excluding hydrogens is 270 g/mol. The standard InChI is InChI=1S/C16H17NO4/c1-12(18)21-8-4-5-14(11-17)9-13-6-7-15(19-2)16(10-13)20-3/h4-7,9-10H,8H2,1-3H3/b5-4+,14-9-. The molecule has 0 saturated heterocycles. The molecule has 0 aromatic heterocycles. The molecule has 0 aliphatic carbocycles. The Labute approximate surface area is 124 Å². The Morgan fingerprint density at radius 3 is 2.57 bits per heavy atom. The maximum Gasteiger partial charge on any atom is 0.302 e. The molecule has 1 rings (SSSR count). The van der Waals surface area contributed by atoms with E-state index in [1.54, 1.807) is 44.6 Å². The number of hydrogen-bond donors (Lipinski definition) is 0. The monoisotopic (exact) mass is 287 g/mol. The first-order valence-electron chi connectivity index (χ1n) is 6.24. The van der Waals surface area contributed by atoms with Crippen LogP contribution in [0.2, 0.25) is 0 Å². The van der Waals surface area contributed by atoms with Crippen molar-refractivity contribution in [2.24, 2.45) is 0 Å². The highest BCUT2D eigenvalue weighted by molar-refractivity contribution is 5.66. The van der Waals surface area contributed by atoms with E-state index in [1.165, 1.54) is 6.92 Å². The summed E-state index contributed by atoms with van der Waals surface area (Å²) < 4.78 is 15.1. The van der Waals surface area contributed by atoms with Crippen molar-refractivity contribution in [1.29, 1.82) is 5.26 Å². The number of hydrogen-bond acceptors (Lipinski definition) is 5. The highest BCUT2D eigenvalue weighted by Gasteiger charge is 2.03. The van der Waals surface area contributed by atoms with Gasteiger partial charge in [0.25, 0.3) is 0 Å². The van der Waals surface area contributed by atoms with E-state index in [9.17, 15) is 4.79 Å². The molecule has 110 valence electrons. The first-order valence-corrected chi connectivity index (χ1v) is 6.24. The van der Waals surface area contributed by atoms with Gasteiger partial charge in [-0.25, -0.2) is 0 Å². The molecule has 0 bridgehead atoms. The van der Waals surface area contributed by atoms with Crippen molar-refractivity contribution in [3.05, 3.63) is 41.5 Å². The molecule has 0 aliphatic heterocycles. The predicted molar refractivity (Wildman–Crippen MR) is 78.9 cm³/mol. The summed E-state index contributed by atoms with van der Waals surface area (Å²) in [6.07, 6.45) is 4.91. The van der Waals surface area contributed by atoms with Crippen LogP contribution in [0.25, 0.3) is 6.08 Å². The first kappa shape index (κ1) is 16.3. The third-order valence-corrected chi connectivity index (χ3v) is 2.54. The van der Waals surface area contributed by atoms with Crippen molar-refractivity contribution < 1.29 is 19.0 Å². The molecule has 1 aromatic rings. The van der Waals surface area contributed by atoms with E-state index in [2.05, 4.69) is 6.07 Å². The fourth-order valence-corrected chi connectivity index (χ4v) is 1.58. The first-order chi connectivity index (χ1) is 10.1. The van der Waals surface area contributed by atoms with E-state index in [-0.39, 0.29) is 12.6 Å². The molecule has 5 heteroatoms. The average Bonchev–Trinajstić information content (AvgIpc) is 2.49. The van der Waals surface area contributed by atoms with Crippen LogP contribution >= 0.6 is 0 Å². The van der Waals surface area contributed by atoms with Gasteiger partial charge in [0.1, 0.15) is 6.61 Å². The van der Waals surface area contributed by atoms with Crippen LogP contribution < -0.4 is 9.47 Å². The molecule has 5 nitrogen and oxygen atoms in total. The number of nitriles is 1. The summed E-state index contributed by atoms with van der Waals surface area (Å²) in [6.45, 7) is 1.47. The SMILES string of the molecule is COc1ccc(/C=C(C#N)/C=C/COC(C)=O)cc1OC. The molecule has 0 amide bonds. The smallest absolute Gasteiger partial charge is 0.302 e. The number of nitrogens with zero attached hydrogens (tertiary/aromatic N) is 1. The number of ether oxygens (including phenoxy) is 3. The van der Waals surface area contributed by atoms with Crippen molar-refractivity contribution in [2.45, 2.75) is 6.92 Å². The number of esters is 1. The Bertz CT molecular complexity index is 597. The zero-order valence-electron chi connectivity index (χ0n) is 12.3. The van der Waals surface area contributed by atoms with Gasteiger partial charge < -0.3 is 14.2 Å². The van der Waals surface area contributed by atoms with Gasteiger partial charge in [-0.15, -0.1) is 0 Å². The second-order valence-electron chi connectivity index (χ2n) is 4.03. The molecule has 0 unspecified atom stereocenters. The van der Waals surface area contributed by atoms with Crippen LogP contribution in [0.3, 0.4) is 0 Å². The maximum atomic E-state index is 10.6. The van der Waals surface area contributed by atoms with Gasteiger partial charge in [-0.2, -0.15) is 5.26 Å². The number of allylic oxidation sites excluding steroid dienone is 2. The number of rotatable bonds is 6. The average molecular weight is 287 g/mol. The lowest BCUT2D eigenvalue weighted by atomic mass is 10.1. The van der Waals surface area contributed by atoms with E-state index in [0.29, 0.717) is 17.1 Å². The predicted octanol–water partition coefficient (Wildman–Crippen LogP) is 2.73. The maximum absolute atomic E-state index is 10.6. The molecule has 0 atom stereocenters. The van der Waals surface area contributed by atoms with Gasteiger partial charge in [-0.3, -0.25) is 4.79 Å². The largest absolute Gasteiger partial charge is 0.493 e. The summed E-state index contributed by atoms with van der Waals surface area (Å²) in [5.74, 6) is 0.855. The van der Waals surface area contributed by atoms with Crippen molar-refractivity contribution in [3.8, 4) is 17.6 Å². The fraction of sp³-hybridized carbons (Fsp3) is 0.250. The van der Waals surface area contributed by atoms with Crippen LogP contribution in [-0.2, 0) is 9.53 Å². The van der Waals surface area contributed by atoms with Crippen molar-refractivity contribution in [1.82, 2.24) is 0 Å². The van der Waals surface area contributed by atoms with Gasteiger partial charge in [-0.05, 0) is 35.9 Å². The topological polar surface area (TPSA) is 68.5 Å². The third-order valence-electron chi connectivity index (χ3n) is 2.54. The fourth-order valence-electron chi connectivity index (χ4n) is 1.58. The lowest BCUT2D eigenvalue weighted by Crippen LogP contribution is -1.97. The van der Waals surface area contributed by atoms with E-state index in [0.717, 1.165) is 5.56 Å². The van der Waals surface area contributed by atoms with Crippen LogP contribution in [0, 0.1) is 11.3 Å². The number of methoxy groups -OCH3 is 2. The molecule has 0 fully saturated rings. The highest BCUT2D eigenvalue weighted by Crippen LogP contribution is 2.28. The quantitative estimate of drug-likeness (QED) is 0.457. The van der Waals surface area contributed by atoms with Gasteiger partial charge in [0.2, 0.25) is 0 Å². The minimum atomic E-state index is -0.359. The normalized spacial score (nSPS) is 11.0. The lowest BCUT2D eigenvalue weighted by molar-refractivity contribution is -0.139. The Kier molecular flexibility index (Phi) is 6.55. The van der Waals surface area contributed by atoms with Gasteiger partial charge in [-0.1, -0.05) is 6.07 Å². The summed E-state index contributed by atoms with van der Waals surface area (Å²) in [6, 6.07) is 7.42. The van der Waals surface area contributed by atoms with Gasteiger partial charge >= 0.3 is 5.97 Å². The van der Waals surface area contributed by atoms with Crippen LogP contribution in [0.15, 0.2) is 35.9 Å². The summed E-state index contributed by atoms with van der Waals surface area (Å²) in [5, 5.41) is 9.09. The third kappa shape index (κ3) is 5.41. The number of carbonyl (C=O) groups is 1. The van der Waals surface area contributed by atoms with E-state index >= 15 is 0 Å². The zero-order valence-corrected chi connectivity index (χ0v) is 12.3. The van der Waals surface area contributed by atoms with Gasteiger partial charge in [0.05, 0.1) is 25.9 Å². The second kappa shape index (κ2) is 8.43. The molecule has 0 heterocycles. The Balaban J connectivity index is 2.88. The minimum absolute atomic E-state index is 0.139. The molecule has 0 N–H and O–H groups in total. The van der Waals surface area contributed by atoms with Crippen molar-refractivity contribution >= 4 is 12.0 Å². The van der Waals surface area contributed by atoms with Crippen LogP contribution in [0.4, 0.5) is 0 Å². The summed E-state index contributed by atoms with van der Waals surface area (Å²) in [5.41, 5.74) is 1.25. The zero-order chi connectivity index (χ0) is 15.7. The molecule has 0 radical (unpaired) electrons. The summed E-state index contributed by atoms with van der Waals surface area (Å²) >= 11 is 0. The van der Waals surface area contributed by atoms with Crippen LogP contribution in [-0.4, -0.2) is 26.8 Å². The highest BCUT2D eigenvalue weighted by atomic mass is 16.5. The van der Waals surface area contributed by atoms with Crippen molar-refractivity contribution in [2.75, 3.05) is 20.8 Å².